The van der Waals surface area contributed by atoms with Gasteiger partial charge in [-0.15, -0.1) is 0 Å². The van der Waals surface area contributed by atoms with Crippen molar-refractivity contribution < 1.29 is 14.4 Å². The van der Waals surface area contributed by atoms with Gasteiger partial charge in [0.15, 0.2) is 0 Å². The Morgan fingerprint density at radius 3 is 2.86 bits per heavy atom. The lowest BCUT2D eigenvalue weighted by molar-refractivity contribution is 0.0743. The number of hydrogen-bond acceptors (Lipinski definition) is 4. The van der Waals surface area contributed by atoms with Crippen molar-refractivity contribution in [3.05, 3.63) is 52.9 Å². The van der Waals surface area contributed by atoms with Gasteiger partial charge in [-0.2, -0.15) is 0 Å². The first kappa shape index (κ1) is 14.8. The number of carbonyl (C=O) groups is 1. The largest absolute Gasteiger partial charge is 0.384 e. The lowest BCUT2D eigenvalue weighted by Gasteiger charge is -2.16. The fourth-order valence-corrected chi connectivity index (χ4v) is 1.89. The predicted molar refractivity (Wildman–Crippen MR) is 77.4 cm³/mol. The van der Waals surface area contributed by atoms with E-state index >= 15 is 0 Å². The summed E-state index contributed by atoms with van der Waals surface area (Å²) in [5.74, 6) is 5.47. The van der Waals surface area contributed by atoms with Crippen molar-refractivity contribution >= 4 is 5.91 Å². The van der Waals surface area contributed by atoms with E-state index in [2.05, 4.69) is 17.0 Å². The zero-order valence-corrected chi connectivity index (χ0v) is 12.0. The first-order valence-corrected chi connectivity index (χ1v) is 6.48. The van der Waals surface area contributed by atoms with E-state index in [1.807, 2.05) is 24.3 Å². The van der Waals surface area contributed by atoms with Gasteiger partial charge in [0.25, 0.3) is 5.91 Å². The average Bonchev–Trinajstić information content (AvgIpc) is 2.92. The van der Waals surface area contributed by atoms with Crippen LogP contribution in [0.15, 0.2) is 34.9 Å². The van der Waals surface area contributed by atoms with Crippen LogP contribution in [0, 0.1) is 18.8 Å². The minimum atomic E-state index is -0.236. The number of aliphatic hydroxyl groups is 1. The molecule has 0 unspecified atom stereocenters. The van der Waals surface area contributed by atoms with Gasteiger partial charge in [-0.1, -0.05) is 35.2 Å². The molecular formula is C16H16N2O3. The zero-order valence-electron chi connectivity index (χ0n) is 12.0. The zero-order chi connectivity index (χ0) is 15.2. The monoisotopic (exact) mass is 284 g/mol. The lowest BCUT2D eigenvalue weighted by atomic mass is 10.1. The van der Waals surface area contributed by atoms with Crippen LogP contribution in [-0.4, -0.2) is 34.7 Å². The third kappa shape index (κ3) is 3.71. The number of aryl methyl sites for hydroxylation is 1. The molecule has 0 atom stereocenters. The summed E-state index contributed by atoms with van der Waals surface area (Å²) in [6.45, 7) is 1.97. The van der Waals surface area contributed by atoms with Crippen LogP contribution < -0.4 is 0 Å². The van der Waals surface area contributed by atoms with E-state index in [4.69, 9.17) is 9.63 Å². The number of amides is 1. The average molecular weight is 284 g/mol. The second-order valence-electron chi connectivity index (χ2n) is 4.61. The normalized spacial score (nSPS) is 9.86. The smallest absolute Gasteiger partial charge is 0.292 e. The van der Waals surface area contributed by atoms with Crippen molar-refractivity contribution in [1.29, 1.82) is 0 Å². The van der Waals surface area contributed by atoms with Crippen LogP contribution in [0.5, 0.6) is 0 Å². The molecular weight excluding hydrogens is 268 g/mol. The molecule has 0 radical (unpaired) electrons. The molecule has 0 saturated carbocycles. The van der Waals surface area contributed by atoms with E-state index in [-0.39, 0.29) is 18.3 Å². The molecule has 1 amide bonds. The van der Waals surface area contributed by atoms with E-state index < -0.39 is 0 Å². The summed E-state index contributed by atoms with van der Waals surface area (Å²) in [4.78, 5) is 13.7. The Balaban J connectivity index is 2.16. The molecule has 5 heteroatoms. The van der Waals surface area contributed by atoms with Crippen molar-refractivity contribution in [2.75, 3.05) is 13.7 Å². The molecule has 0 aliphatic carbocycles. The maximum atomic E-state index is 12.2. The predicted octanol–water partition coefficient (Wildman–Crippen LogP) is 1.60. The molecule has 108 valence electrons. The number of nitrogens with zero attached hydrogens (tertiary/aromatic N) is 2. The summed E-state index contributed by atoms with van der Waals surface area (Å²) >= 11 is 0. The van der Waals surface area contributed by atoms with Crippen LogP contribution in [-0.2, 0) is 6.54 Å². The van der Waals surface area contributed by atoms with Crippen molar-refractivity contribution in [3.63, 3.8) is 0 Å². The van der Waals surface area contributed by atoms with Gasteiger partial charge in [0, 0.05) is 25.2 Å². The fourth-order valence-electron chi connectivity index (χ4n) is 1.89. The van der Waals surface area contributed by atoms with Gasteiger partial charge in [-0.3, -0.25) is 4.79 Å². The van der Waals surface area contributed by atoms with Gasteiger partial charge in [0.05, 0.1) is 5.69 Å². The van der Waals surface area contributed by atoms with Gasteiger partial charge in [0.1, 0.15) is 6.61 Å². The first-order valence-electron chi connectivity index (χ1n) is 6.48. The van der Waals surface area contributed by atoms with Crippen LogP contribution in [0.4, 0.5) is 0 Å². The van der Waals surface area contributed by atoms with Crippen LogP contribution in [0.1, 0.15) is 27.4 Å². The highest BCUT2D eigenvalue weighted by atomic mass is 16.5. The van der Waals surface area contributed by atoms with Crippen LogP contribution in [0.2, 0.25) is 0 Å². The molecule has 0 saturated heterocycles. The molecule has 0 spiro atoms. The summed E-state index contributed by atoms with van der Waals surface area (Å²) in [5, 5.41) is 12.5. The van der Waals surface area contributed by atoms with E-state index in [0.29, 0.717) is 12.2 Å². The van der Waals surface area contributed by atoms with Crippen LogP contribution in [0.3, 0.4) is 0 Å². The molecule has 1 aromatic carbocycles. The van der Waals surface area contributed by atoms with Crippen molar-refractivity contribution in [2.24, 2.45) is 0 Å². The lowest BCUT2D eigenvalue weighted by Crippen LogP contribution is -2.26. The Hall–Kier alpha value is -2.58. The standard InChI is InChI=1S/C16H16N2O3/c1-12-10-15(21-17-12)16(20)18(2)11-14-7-4-3-6-13(14)8-5-9-19/h3-4,6-7,10,19H,9,11H2,1-2H3. The molecule has 1 heterocycles. The molecule has 2 aromatic rings. The molecule has 21 heavy (non-hydrogen) atoms. The van der Waals surface area contributed by atoms with E-state index in [1.165, 1.54) is 0 Å². The second-order valence-corrected chi connectivity index (χ2v) is 4.61. The number of hydrogen-bond donors (Lipinski definition) is 1. The number of rotatable bonds is 3. The fraction of sp³-hybridized carbons (Fsp3) is 0.250. The van der Waals surface area contributed by atoms with E-state index in [1.54, 1.807) is 24.9 Å². The highest BCUT2D eigenvalue weighted by Gasteiger charge is 2.17. The number of aliphatic hydroxyl groups excluding tert-OH is 1. The molecule has 0 aliphatic heterocycles. The number of carbonyl (C=O) groups excluding carboxylic acids is 1. The molecule has 0 aliphatic rings. The molecule has 1 aromatic heterocycles. The maximum Gasteiger partial charge on any atom is 0.292 e. The Bertz CT molecular complexity index is 695. The topological polar surface area (TPSA) is 66.6 Å². The van der Waals surface area contributed by atoms with Gasteiger partial charge in [-0.05, 0) is 18.6 Å². The van der Waals surface area contributed by atoms with Crippen molar-refractivity contribution in [2.45, 2.75) is 13.5 Å². The molecule has 5 nitrogen and oxygen atoms in total. The van der Waals surface area contributed by atoms with Gasteiger partial charge >= 0.3 is 0 Å². The SMILES string of the molecule is Cc1cc(C(=O)N(C)Cc2ccccc2C#CCO)on1. The third-order valence-corrected chi connectivity index (χ3v) is 2.91. The number of benzene rings is 1. The van der Waals surface area contributed by atoms with Crippen molar-refractivity contribution in [1.82, 2.24) is 10.1 Å². The Morgan fingerprint density at radius 2 is 2.19 bits per heavy atom. The van der Waals surface area contributed by atoms with Crippen LogP contribution >= 0.6 is 0 Å². The first-order chi connectivity index (χ1) is 10.1. The summed E-state index contributed by atoms with van der Waals surface area (Å²) in [6, 6.07) is 9.12. The summed E-state index contributed by atoms with van der Waals surface area (Å²) in [6.07, 6.45) is 0. The molecule has 0 bridgehead atoms. The van der Waals surface area contributed by atoms with Gasteiger partial charge in [-0.25, -0.2) is 0 Å². The Morgan fingerprint density at radius 1 is 1.43 bits per heavy atom. The molecule has 1 N–H and O–H groups in total. The second kappa shape index (κ2) is 6.73. The Labute approximate surface area is 123 Å². The highest BCUT2D eigenvalue weighted by molar-refractivity contribution is 5.91. The number of aromatic nitrogens is 1. The molecule has 2 rings (SSSR count). The minimum Gasteiger partial charge on any atom is -0.384 e. The molecule has 0 fully saturated rings. The third-order valence-electron chi connectivity index (χ3n) is 2.91. The summed E-state index contributed by atoms with van der Waals surface area (Å²) < 4.78 is 4.98. The minimum absolute atomic E-state index is 0.194. The maximum absolute atomic E-state index is 12.2. The van der Waals surface area contributed by atoms with Crippen molar-refractivity contribution in [3.8, 4) is 11.8 Å². The van der Waals surface area contributed by atoms with Crippen LogP contribution in [0.25, 0.3) is 0 Å². The van der Waals surface area contributed by atoms with E-state index in [0.717, 1.165) is 11.1 Å². The summed E-state index contributed by atoms with van der Waals surface area (Å²) in [7, 11) is 1.69. The summed E-state index contributed by atoms with van der Waals surface area (Å²) in [5.41, 5.74) is 2.37. The van der Waals surface area contributed by atoms with E-state index in [9.17, 15) is 4.79 Å². The Kier molecular flexibility index (Phi) is 4.75. The van der Waals surface area contributed by atoms with Gasteiger partial charge < -0.3 is 14.5 Å². The highest BCUT2D eigenvalue weighted by Crippen LogP contribution is 2.13. The van der Waals surface area contributed by atoms with Gasteiger partial charge in [0.2, 0.25) is 5.76 Å². The quantitative estimate of drug-likeness (QED) is 0.869.